The number of aryl methyl sites for hydroxylation is 2. The topological polar surface area (TPSA) is 59.6 Å². The molecule has 2 aromatic rings. The van der Waals surface area contributed by atoms with Gasteiger partial charge in [-0.2, -0.15) is 0 Å². The summed E-state index contributed by atoms with van der Waals surface area (Å²) in [6, 6.07) is 13.5. The highest BCUT2D eigenvalue weighted by Crippen LogP contribution is 2.20. The number of amides is 1. The molecular formula is C20H26N2O3. The monoisotopic (exact) mass is 342 g/mol. The third-order valence-corrected chi connectivity index (χ3v) is 3.90. The number of benzene rings is 2. The summed E-state index contributed by atoms with van der Waals surface area (Å²) in [5.41, 5.74) is 3.15. The lowest BCUT2D eigenvalue weighted by molar-refractivity contribution is -0.115. The van der Waals surface area contributed by atoms with E-state index in [1.54, 1.807) is 7.11 Å². The molecule has 0 heterocycles. The van der Waals surface area contributed by atoms with Gasteiger partial charge >= 0.3 is 0 Å². The van der Waals surface area contributed by atoms with Gasteiger partial charge in [-0.05, 0) is 48.7 Å². The highest BCUT2D eigenvalue weighted by Gasteiger charge is 2.08. The van der Waals surface area contributed by atoms with E-state index >= 15 is 0 Å². The minimum Gasteiger partial charge on any atom is -0.497 e. The van der Waals surface area contributed by atoms with Crippen molar-refractivity contribution in [3.8, 4) is 11.5 Å². The molecule has 25 heavy (non-hydrogen) atoms. The van der Waals surface area contributed by atoms with Gasteiger partial charge in [0.1, 0.15) is 18.1 Å². The zero-order chi connectivity index (χ0) is 18.1. The molecule has 0 fully saturated rings. The molecule has 0 spiro atoms. The number of nitrogens with one attached hydrogen (secondary N) is 2. The zero-order valence-corrected chi connectivity index (χ0v) is 15.1. The molecule has 2 N–H and O–H groups in total. The maximum absolute atomic E-state index is 12.1. The number of hydrogen-bond donors (Lipinski definition) is 2. The number of carbonyl (C=O) groups is 1. The minimum atomic E-state index is -0.0477. The Morgan fingerprint density at radius 3 is 2.48 bits per heavy atom. The first-order valence-corrected chi connectivity index (χ1v) is 8.50. The van der Waals surface area contributed by atoms with Crippen LogP contribution >= 0.6 is 0 Å². The molecule has 5 heteroatoms. The van der Waals surface area contributed by atoms with Crippen LogP contribution in [0.2, 0.25) is 0 Å². The van der Waals surface area contributed by atoms with Gasteiger partial charge in [0, 0.05) is 12.2 Å². The third kappa shape index (κ3) is 5.80. The van der Waals surface area contributed by atoms with E-state index in [1.165, 1.54) is 0 Å². The van der Waals surface area contributed by atoms with Crippen LogP contribution in [0.3, 0.4) is 0 Å². The average Bonchev–Trinajstić information content (AvgIpc) is 2.63. The van der Waals surface area contributed by atoms with Crippen LogP contribution in [0, 0.1) is 6.92 Å². The van der Waals surface area contributed by atoms with Crippen molar-refractivity contribution in [2.24, 2.45) is 0 Å². The van der Waals surface area contributed by atoms with E-state index in [0.29, 0.717) is 13.2 Å². The van der Waals surface area contributed by atoms with Crippen molar-refractivity contribution < 1.29 is 14.3 Å². The fraction of sp³-hybridized carbons (Fsp3) is 0.350. The van der Waals surface area contributed by atoms with Gasteiger partial charge in [-0.1, -0.05) is 25.1 Å². The Kier molecular flexibility index (Phi) is 7.29. The van der Waals surface area contributed by atoms with Crippen molar-refractivity contribution >= 4 is 11.6 Å². The van der Waals surface area contributed by atoms with Crippen molar-refractivity contribution in [3.63, 3.8) is 0 Å². The Morgan fingerprint density at radius 2 is 1.80 bits per heavy atom. The molecule has 5 nitrogen and oxygen atoms in total. The second-order valence-electron chi connectivity index (χ2n) is 5.71. The summed E-state index contributed by atoms with van der Waals surface area (Å²) in [6.07, 6.45) is 0.889. The normalized spacial score (nSPS) is 10.4. The van der Waals surface area contributed by atoms with E-state index in [4.69, 9.17) is 9.47 Å². The molecule has 2 aromatic carbocycles. The van der Waals surface area contributed by atoms with Crippen molar-refractivity contribution in [1.29, 1.82) is 0 Å². The molecule has 0 aromatic heterocycles. The predicted molar refractivity (Wildman–Crippen MR) is 101 cm³/mol. The van der Waals surface area contributed by atoms with Crippen LogP contribution in [-0.2, 0) is 11.2 Å². The molecule has 0 aliphatic heterocycles. The number of rotatable bonds is 9. The molecule has 1 amide bonds. The Balaban J connectivity index is 1.70. The summed E-state index contributed by atoms with van der Waals surface area (Å²) in [7, 11) is 1.63. The van der Waals surface area contributed by atoms with Crippen LogP contribution in [0.1, 0.15) is 18.1 Å². The van der Waals surface area contributed by atoms with Gasteiger partial charge in [0.2, 0.25) is 5.91 Å². The summed E-state index contributed by atoms with van der Waals surface area (Å²) in [4.78, 5) is 12.1. The second-order valence-corrected chi connectivity index (χ2v) is 5.71. The van der Waals surface area contributed by atoms with Crippen molar-refractivity contribution in [2.75, 3.05) is 32.1 Å². The van der Waals surface area contributed by atoms with Crippen LogP contribution in [0.5, 0.6) is 11.5 Å². The number of hydrogen-bond acceptors (Lipinski definition) is 4. The predicted octanol–water partition coefficient (Wildman–Crippen LogP) is 3.17. The molecule has 0 saturated carbocycles. The molecule has 0 aliphatic carbocycles. The second kappa shape index (κ2) is 9.69. The lowest BCUT2D eigenvalue weighted by atomic mass is 10.1. The number of methoxy groups -OCH3 is 1. The van der Waals surface area contributed by atoms with E-state index < -0.39 is 0 Å². The van der Waals surface area contributed by atoms with E-state index in [9.17, 15) is 4.79 Å². The molecule has 2 rings (SSSR count). The highest BCUT2D eigenvalue weighted by atomic mass is 16.5. The maximum Gasteiger partial charge on any atom is 0.238 e. The van der Waals surface area contributed by atoms with E-state index in [-0.39, 0.29) is 12.5 Å². The van der Waals surface area contributed by atoms with Crippen LogP contribution in [0.15, 0.2) is 42.5 Å². The van der Waals surface area contributed by atoms with Gasteiger partial charge in [-0.25, -0.2) is 0 Å². The first kappa shape index (κ1) is 18.8. The zero-order valence-electron chi connectivity index (χ0n) is 15.1. The van der Waals surface area contributed by atoms with Gasteiger partial charge in [0.15, 0.2) is 0 Å². The molecule has 0 unspecified atom stereocenters. The summed E-state index contributed by atoms with van der Waals surface area (Å²) in [6.45, 7) is 5.42. The van der Waals surface area contributed by atoms with Crippen LogP contribution < -0.4 is 20.1 Å². The molecular weight excluding hydrogens is 316 g/mol. The summed E-state index contributed by atoms with van der Waals surface area (Å²) in [5.74, 6) is 1.53. The number of para-hydroxylation sites is 1. The standard InChI is InChI=1S/C20H26N2O3/c1-4-16-7-5-6-15(2)20(16)22-19(23)14-21-12-13-25-18-10-8-17(24-3)9-11-18/h5-11,21H,4,12-14H2,1-3H3,(H,22,23). The SMILES string of the molecule is CCc1cccc(C)c1NC(=O)CNCCOc1ccc(OC)cc1. The highest BCUT2D eigenvalue weighted by molar-refractivity contribution is 5.93. The van der Waals surface area contributed by atoms with Gasteiger partial charge in [-0.3, -0.25) is 4.79 Å². The smallest absolute Gasteiger partial charge is 0.238 e. The largest absolute Gasteiger partial charge is 0.497 e. The van der Waals surface area contributed by atoms with Gasteiger partial charge in [-0.15, -0.1) is 0 Å². The third-order valence-electron chi connectivity index (χ3n) is 3.90. The molecule has 0 aliphatic rings. The lowest BCUT2D eigenvalue weighted by Gasteiger charge is -2.13. The van der Waals surface area contributed by atoms with E-state index in [1.807, 2.05) is 49.4 Å². The Morgan fingerprint density at radius 1 is 1.08 bits per heavy atom. The Hall–Kier alpha value is -2.53. The quantitative estimate of drug-likeness (QED) is 0.687. The Bertz CT molecular complexity index is 684. The van der Waals surface area contributed by atoms with Crippen LogP contribution in [0.4, 0.5) is 5.69 Å². The van der Waals surface area contributed by atoms with Crippen molar-refractivity contribution in [2.45, 2.75) is 20.3 Å². The summed E-state index contributed by atoms with van der Waals surface area (Å²) in [5, 5.41) is 6.09. The fourth-order valence-corrected chi connectivity index (χ4v) is 2.50. The Labute approximate surface area is 149 Å². The minimum absolute atomic E-state index is 0.0477. The average molecular weight is 342 g/mol. The molecule has 134 valence electrons. The first-order valence-electron chi connectivity index (χ1n) is 8.50. The van der Waals surface area contributed by atoms with E-state index in [0.717, 1.165) is 34.7 Å². The lowest BCUT2D eigenvalue weighted by Crippen LogP contribution is -2.31. The molecule has 0 atom stereocenters. The maximum atomic E-state index is 12.1. The number of ether oxygens (including phenoxy) is 2. The van der Waals surface area contributed by atoms with Crippen molar-refractivity contribution in [3.05, 3.63) is 53.6 Å². The molecule has 0 bridgehead atoms. The van der Waals surface area contributed by atoms with Crippen LogP contribution in [0.25, 0.3) is 0 Å². The van der Waals surface area contributed by atoms with Gasteiger partial charge in [0.05, 0.1) is 13.7 Å². The van der Waals surface area contributed by atoms with Crippen molar-refractivity contribution in [1.82, 2.24) is 5.32 Å². The fourth-order valence-electron chi connectivity index (χ4n) is 2.50. The summed E-state index contributed by atoms with van der Waals surface area (Å²) >= 11 is 0. The van der Waals surface area contributed by atoms with Crippen LogP contribution in [-0.4, -0.2) is 32.7 Å². The molecule has 0 saturated heterocycles. The first-order chi connectivity index (χ1) is 12.1. The summed E-state index contributed by atoms with van der Waals surface area (Å²) < 4.78 is 10.7. The van der Waals surface area contributed by atoms with E-state index in [2.05, 4.69) is 17.6 Å². The number of carbonyl (C=O) groups excluding carboxylic acids is 1. The van der Waals surface area contributed by atoms with Gasteiger partial charge < -0.3 is 20.1 Å². The molecule has 0 radical (unpaired) electrons. The number of anilines is 1. The van der Waals surface area contributed by atoms with Gasteiger partial charge in [0.25, 0.3) is 0 Å².